The van der Waals surface area contributed by atoms with Crippen LogP contribution >= 0.6 is 0 Å². The minimum absolute atomic E-state index is 0.146. The molecule has 1 heterocycles. The third-order valence-corrected chi connectivity index (χ3v) is 6.72. The number of amides is 2. The van der Waals surface area contributed by atoms with Crippen molar-refractivity contribution in [2.75, 3.05) is 4.90 Å². The standard InChI is InChI=1S/C25H23NO4/c1-14-12-17-13-18(14)22-21(17)24(28)26(25(22)29)19-10-6-7-11-20(19)30-15(2)23(27)16-8-4-3-5-9-16/h3-12,15,17-18,21-22H,13H2,1-2H3/t15-,17+,18-,21+,22+/m0/s1. The largest absolute Gasteiger partial charge is 0.480 e. The molecule has 0 spiro atoms. The molecule has 3 aliphatic rings. The normalized spacial score (nSPS) is 27.8. The number of imide groups is 1. The number of hydrogen-bond donors (Lipinski definition) is 0. The van der Waals surface area contributed by atoms with Gasteiger partial charge in [0.2, 0.25) is 17.6 Å². The minimum atomic E-state index is -0.749. The third-order valence-electron chi connectivity index (χ3n) is 6.72. The summed E-state index contributed by atoms with van der Waals surface area (Å²) in [7, 11) is 0. The Hall–Kier alpha value is -3.21. The van der Waals surface area contributed by atoms with E-state index in [4.69, 9.17) is 4.74 Å². The van der Waals surface area contributed by atoms with Crippen molar-refractivity contribution in [1.82, 2.24) is 0 Å². The summed E-state index contributed by atoms with van der Waals surface area (Å²) in [5.41, 5.74) is 2.20. The van der Waals surface area contributed by atoms with Crippen molar-refractivity contribution < 1.29 is 19.1 Å². The lowest BCUT2D eigenvalue weighted by molar-refractivity contribution is -0.123. The van der Waals surface area contributed by atoms with Gasteiger partial charge in [0.05, 0.1) is 17.5 Å². The molecule has 2 aromatic rings. The van der Waals surface area contributed by atoms with Crippen LogP contribution in [0.2, 0.25) is 0 Å². The number of hydrogen-bond acceptors (Lipinski definition) is 4. The number of carbonyl (C=O) groups is 3. The molecule has 1 aliphatic heterocycles. The van der Waals surface area contributed by atoms with E-state index in [0.717, 1.165) is 6.42 Å². The number of anilines is 1. The molecule has 5 heteroatoms. The average molecular weight is 401 g/mol. The van der Waals surface area contributed by atoms with Crippen molar-refractivity contribution in [1.29, 1.82) is 0 Å². The summed E-state index contributed by atoms with van der Waals surface area (Å²) in [6.07, 6.45) is 2.30. The highest BCUT2D eigenvalue weighted by Gasteiger charge is 2.61. The maximum Gasteiger partial charge on any atom is 0.238 e. The molecule has 0 aromatic heterocycles. The summed E-state index contributed by atoms with van der Waals surface area (Å²) < 4.78 is 5.97. The van der Waals surface area contributed by atoms with Crippen molar-refractivity contribution in [2.45, 2.75) is 26.4 Å². The Labute approximate surface area is 175 Å². The fourth-order valence-corrected chi connectivity index (χ4v) is 5.33. The maximum atomic E-state index is 13.3. The Balaban J connectivity index is 1.43. The molecule has 0 N–H and O–H groups in total. The van der Waals surface area contributed by atoms with Gasteiger partial charge in [-0.1, -0.05) is 54.1 Å². The number of rotatable bonds is 5. The Morgan fingerprint density at radius 3 is 2.43 bits per heavy atom. The molecular weight excluding hydrogens is 378 g/mol. The highest BCUT2D eigenvalue weighted by Crippen LogP contribution is 2.56. The summed E-state index contributed by atoms with van der Waals surface area (Å²) in [6, 6.07) is 15.9. The number of ketones is 1. The van der Waals surface area contributed by atoms with Gasteiger partial charge in [-0.05, 0) is 44.2 Å². The number of fused-ring (bicyclic) bond motifs is 5. The molecule has 152 valence electrons. The van der Waals surface area contributed by atoms with Crippen LogP contribution in [-0.2, 0) is 9.59 Å². The predicted octanol–water partition coefficient (Wildman–Crippen LogP) is 4.04. The lowest BCUT2D eigenvalue weighted by Gasteiger charge is -2.22. The summed E-state index contributed by atoms with van der Waals surface area (Å²) in [5.74, 6) is -0.331. The lowest BCUT2D eigenvalue weighted by atomic mass is 9.82. The van der Waals surface area contributed by atoms with Crippen molar-refractivity contribution in [3.63, 3.8) is 0 Å². The van der Waals surface area contributed by atoms with E-state index < -0.39 is 6.10 Å². The molecule has 1 saturated heterocycles. The molecule has 2 aliphatic carbocycles. The molecule has 2 bridgehead atoms. The zero-order valence-electron chi connectivity index (χ0n) is 16.9. The smallest absolute Gasteiger partial charge is 0.238 e. The van der Waals surface area contributed by atoms with Crippen molar-refractivity contribution in [2.24, 2.45) is 23.7 Å². The van der Waals surface area contributed by atoms with Gasteiger partial charge in [0.1, 0.15) is 5.75 Å². The van der Waals surface area contributed by atoms with Gasteiger partial charge >= 0.3 is 0 Å². The van der Waals surface area contributed by atoms with Crippen LogP contribution in [0.3, 0.4) is 0 Å². The minimum Gasteiger partial charge on any atom is -0.480 e. The van der Waals surface area contributed by atoms with Crippen LogP contribution in [-0.4, -0.2) is 23.7 Å². The van der Waals surface area contributed by atoms with Gasteiger partial charge in [-0.2, -0.15) is 0 Å². The number of Topliss-reactive ketones (excluding diaryl/α,β-unsaturated/α-hetero) is 1. The van der Waals surface area contributed by atoms with Gasteiger partial charge in [-0.15, -0.1) is 0 Å². The van der Waals surface area contributed by atoms with Crippen LogP contribution in [0.5, 0.6) is 5.75 Å². The van der Waals surface area contributed by atoms with E-state index in [2.05, 4.69) is 13.0 Å². The molecule has 5 nitrogen and oxygen atoms in total. The van der Waals surface area contributed by atoms with Gasteiger partial charge in [0, 0.05) is 5.56 Å². The van der Waals surface area contributed by atoms with E-state index >= 15 is 0 Å². The summed E-state index contributed by atoms with van der Waals surface area (Å²) in [4.78, 5) is 40.5. The molecule has 2 fully saturated rings. The highest BCUT2D eigenvalue weighted by atomic mass is 16.5. The van der Waals surface area contributed by atoms with Crippen LogP contribution in [0.1, 0.15) is 30.6 Å². The molecule has 0 radical (unpaired) electrons. The first-order chi connectivity index (χ1) is 14.5. The molecule has 2 aromatic carbocycles. The fraction of sp³-hybridized carbons (Fsp3) is 0.320. The summed E-state index contributed by atoms with van der Waals surface area (Å²) in [5, 5.41) is 0. The SMILES string of the molecule is CC1=C[C@@H]2C[C@@H]1[C@H]1C(=O)N(c3ccccc3O[C@@H](C)C(=O)c3ccccc3)C(=O)[C@@H]12. The predicted molar refractivity (Wildman–Crippen MR) is 112 cm³/mol. The Kier molecular flexibility index (Phi) is 4.35. The Morgan fingerprint density at radius 2 is 1.67 bits per heavy atom. The van der Waals surface area contributed by atoms with Crippen LogP contribution in [0.4, 0.5) is 5.69 Å². The van der Waals surface area contributed by atoms with Crippen LogP contribution in [0.15, 0.2) is 66.2 Å². The van der Waals surface area contributed by atoms with E-state index in [1.165, 1.54) is 10.5 Å². The van der Waals surface area contributed by atoms with Crippen molar-refractivity contribution >= 4 is 23.3 Å². The van der Waals surface area contributed by atoms with Crippen molar-refractivity contribution in [3.8, 4) is 5.75 Å². The van der Waals surface area contributed by atoms with Gasteiger partial charge in [0.15, 0.2) is 6.10 Å². The molecule has 2 amide bonds. The Bertz CT molecular complexity index is 1070. The number of para-hydroxylation sites is 2. The fourth-order valence-electron chi connectivity index (χ4n) is 5.33. The number of ether oxygens (including phenoxy) is 1. The number of allylic oxidation sites excluding steroid dienone is 2. The van der Waals surface area contributed by atoms with E-state index in [9.17, 15) is 14.4 Å². The molecule has 30 heavy (non-hydrogen) atoms. The second-order valence-electron chi connectivity index (χ2n) is 8.44. The number of nitrogens with zero attached hydrogens (tertiary/aromatic N) is 1. The third kappa shape index (κ3) is 2.72. The van der Waals surface area contributed by atoms with E-state index in [1.54, 1.807) is 55.5 Å². The second kappa shape index (κ2) is 6.94. The molecule has 1 saturated carbocycles. The van der Waals surface area contributed by atoms with Gasteiger partial charge in [-0.25, -0.2) is 4.90 Å². The molecular formula is C25H23NO4. The van der Waals surface area contributed by atoms with E-state index in [1.807, 2.05) is 6.07 Å². The maximum absolute atomic E-state index is 13.3. The lowest BCUT2D eigenvalue weighted by Crippen LogP contribution is -2.34. The van der Waals surface area contributed by atoms with Gasteiger partial charge < -0.3 is 4.74 Å². The first-order valence-corrected chi connectivity index (χ1v) is 10.4. The number of carbonyl (C=O) groups excluding carboxylic acids is 3. The van der Waals surface area contributed by atoms with E-state index in [0.29, 0.717) is 17.0 Å². The highest BCUT2D eigenvalue weighted by molar-refractivity contribution is 6.23. The topological polar surface area (TPSA) is 63.7 Å². The van der Waals surface area contributed by atoms with E-state index in [-0.39, 0.29) is 41.3 Å². The first-order valence-electron chi connectivity index (χ1n) is 10.4. The molecule has 5 atom stereocenters. The molecule has 0 unspecified atom stereocenters. The van der Waals surface area contributed by atoms with Gasteiger partial charge in [-0.3, -0.25) is 14.4 Å². The van der Waals surface area contributed by atoms with Crippen LogP contribution in [0, 0.1) is 23.7 Å². The zero-order valence-corrected chi connectivity index (χ0v) is 16.9. The monoisotopic (exact) mass is 401 g/mol. The summed E-state index contributed by atoms with van der Waals surface area (Å²) in [6.45, 7) is 3.73. The second-order valence-corrected chi connectivity index (χ2v) is 8.44. The van der Waals surface area contributed by atoms with Crippen LogP contribution < -0.4 is 9.64 Å². The Morgan fingerprint density at radius 1 is 1.00 bits per heavy atom. The zero-order chi connectivity index (χ0) is 21.0. The van der Waals surface area contributed by atoms with Gasteiger partial charge in [0.25, 0.3) is 0 Å². The average Bonchev–Trinajstić information content (AvgIpc) is 3.39. The quantitative estimate of drug-likeness (QED) is 0.431. The van der Waals surface area contributed by atoms with Crippen molar-refractivity contribution in [3.05, 3.63) is 71.8 Å². The van der Waals surface area contributed by atoms with Crippen LogP contribution in [0.25, 0.3) is 0 Å². The summed E-state index contributed by atoms with van der Waals surface area (Å²) >= 11 is 0. The first kappa shape index (κ1) is 18.8. The molecule has 5 rings (SSSR count). The number of benzene rings is 2.